The van der Waals surface area contributed by atoms with Gasteiger partial charge in [0.25, 0.3) is 0 Å². The number of β-amino-alcohol motifs (C(OH)–C–C–N with tert-alkyl or cyclic N) is 1. The maximum absolute atomic E-state index is 10.5. The summed E-state index contributed by atoms with van der Waals surface area (Å²) < 4.78 is 0. The third-order valence-corrected chi connectivity index (χ3v) is 4.85. The van der Waals surface area contributed by atoms with Crippen molar-refractivity contribution in [1.29, 1.82) is 5.26 Å². The first-order valence-corrected chi connectivity index (χ1v) is 9.08. The highest BCUT2D eigenvalue weighted by atomic mass is 16.3. The van der Waals surface area contributed by atoms with Crippen LogP contribution in [0.2, 0.25) is 0 Å². The van der Waals surface area contributed by atoms with Gasteiger partial charge in [0.05, 0.1) is 11.8 Å². The molecule has 1 aromatic heterocycles. The molecule has 1 aliphatic rings. The Hall–Kier alpha value is -1.75. The van der Waals surface area contributed by atoms with E-state index in [2.05, 4.69) is 33.1 Å². The van der Waals surface area contributed by atoms with Gasteiger partial charge < -0.3 is 14.9 Å². The number of hydrogen-bond donors (Lipinski definition) is 1. The molecular formula is C18H30N6O. The third kappa shape index (κ3) is 4.88. The average molecular weight is 346 g/mol. The van der Waals surface area contributed by atoms with Crippen LogP contribution in [0.5, 0.6) is 0 Å². The van der Waals surface area contributed by atoms with Gasteiger partial charge in [-0.1, -0.05) is 13.8 Å². The van der Waals surface area contributed by atoms with Gasteiger partial charge in [0.15, 0.2) is 5.82 Å². The summed E-state index contributed by atoms with van der Waals surface area (Å²) in [5.74, 6) is 0.564. The monoisotopic (exact) mass is 346 g/mol. The van der Waals surface area contributed by atoms with E-state index in [4.69, 9.17) is 0 Å². The van der Waals surface area contributed by atoms with Gasteiger partial charge in [-0.2, -0.15) is 10.4 Å². The smallest absolute Gasteiger partial charge is 0.169 e. The second-order valence-corrected chi connectivity index (χ2v) is 6.78. The summed E-state index contributed by atoms with van der Waals surface area (Å²) in [6.45, 7) is 9.15. The number of piperazine rings is 1. The quantitative estimate of drug-likeness (QED) is 0.771. The van der Waals surface area contributed by atoms with Gasteiger partial charge >= 0.3 is 0 Å². The molecule has 1 N–H and O–H groups in total. The fourth-order valence-corrected chi connectivity index (χ4v) is 3.34. The molecule has 138 valence electrons. The zero-order chi connectivity index (χ0) is 18.4. The number of nitriles is 1. The second kappa shape index (κ2) is 9.09. The number of aromatic nitrogens is 2. The highest BCUT2D eigenvalue weighted by Gasteiger charge is 2.21. The first kappa shape index (κ1) is 19.6. The van der Waals surface area contributed by atoms with Crippen LogP contribution in [0.3, 0.4) is 0 Å². The van der Waals surface area contributed by atoms with Gasteiger partial charge in [-0.05, 0) is 25.5 Å². The van der Waals surface area contributed by atoms with E-state index in [9.17, 15) is 10.4 Å². The Labute approximate surface area is 150 Å². The van der Waals surface area contributed by atoms with E-state index in [1.165, 1.54) is 0 Å². The topological polar surface area (TPSA) is 79.5 Å². The first-order chi connectivity index (χ1) is 12.0. The molecule has 2 heterocycles. The van der Waals surface area contributed by atoms with E-state index in [0.29, 0.717) is 24.5 Å². The Bertz CT molecular complexity index is 606. The predicted molar refractivity (Wildman–Crippen MR) is 98.7 cm³/mol. The number of aliphatic hydroxyl groups is 1. The van der Waals surface area contributed by atoms with Crippen LogP contribution >= 0.6 is 0 Å². The van der Waals surface area contributed by atoms with E-state index in [0.717, 1.165) is 50.3 Å². The van der Waals surface area contributed by atoms with Gasteiger partial charge in [-0.15, -0.1) is 5.10 Å². The van der Waals surface area contributed by atoms with Crippen molar-refractivity contribution in [3.8, 4) is 6.07 Å². The van der Waals surface area contributed by atoms with E-state index < -0.39 is 6.10 Å². The fraction of sp³-hybridized carbons (Fsp3) is 0.722. The maximum atomic E-state index is 10.5. The van der Waals surface area contributed by atoms with Crippen LogP contribution in [0, 0.1) is 11.3 Å². The summed E-state index contributed by atoms with van der Waals surface area (Å²) in [7, 11) is 3.98. The molecule has 0 aromatic carbocycles. The van der Waals surface area contributed by atoms with Crippen LogP contribution in [-0.4, -0.2) is 84.6 Å². The summed E-state index contributed by atoms with van der Waals surface area (Å²) >= 11 is 0. The molecule has 1 fully saturated rings. The molecule has 0 aliphatic carbocycles. The van der Waals surface area contributed by atoms with E-state index >= 15 is 0 Å². The summed E-state index contributed by atoms with van der Waals surface area (Å²) in [5, 5.41) is 28.6. The molecule has 0 spiro atoms. The molecule has 0 amide bonds. The minimum Gasteiger partial charge on any atom is -0.390 e. The number of rotatable bonds is 7. The van der Waals surface area contributed by atoms with Gasteiger partial charge in [0, 0.05) is 46.3 Å². The fourth-order valence-electron chi connectivity index (χ4n) is 3.34. The van der Waals surface area contributed by atoms with Crippen LogP contribution in [0.15, 0.2) is 0 Å². The molecule has 25 heavy (non-hydrogen) atoms. The van der Waals surface area contributed by atoms with Crippen molar-refractivity contribution in [3.63, 3.8) is 0 Å². The number of hydrogen-bond acceptors (Lipinski definition) is 7. The lowest BCUT2D eigenvalue weighted by atomic mass is 10.0. The van der Waals surface area contributed by atoms with Crippen molar-refractivity contribution >= 4 is 5.82 Å². The molecule has 7 nitrogen and oxygen atoms in total. The number of nitrogens with zero attached hydrogens (tertiary/aromatic N) is 6. The number of anilines is 1. The van der Waals surface area contributed by atoms with Crippen LogP contribution < -0.4 is 4.90 Å². The third-order valence-electron chi connectivity index (χ3n) is 4.85. The lowest BCUT2D eigenvalue weighted by molar-refractivity contribution is 0.0842. The van der Waals surface area contributed by atoms with Gasteiger partial charge in [0.1, 0.15) is 11.6 Å². The number of likely N-dealkylation sites (N-methyl/N-ethyl adjacent to an activating group) is 2. The lowest BCUT2D eigenvalue weighted by Crippen LogP contribution is -2.48. The normalized spacial score (nSPS) is 17.3. The minimum absolute atomic E-state index is 0.435. The largest absolute Gasteiger partial charge is 0.390 e. The number of aliphatic hydroxyl groups excluding tert-OH is 1. The number of aryl methyl sites for hydroxylation is 1. The standard InChI is InChI=1S/C18H30N6O/c1-5-15-16(11-19)18(21-20-17(15)6-2)23(4)12-14(25)13-24-9-7-22(3)8-10-24/h14,25H,5-10,12-13H2,1-4H3. The predicted octanol–water partition coefficient (Wildman–Crippen LogP) is 0.518. The molecule has 1 saturated heterocycles. The van der Waals surface area contributed by atoms with Gasteiger partial charge in [-0.3, -0.25) is 4.90 Å². The molecule has 1 unspecified atom stereocenters. The van der Waals surface area contributed by atoms with E-state index in [1.807, 2.05) is 25.8 Å². The lowest BCUT2D eigenvalue weighted by Gasteiger charge is -2.34. The van der Waals surface area contributed by atoms with Crippen molar-refractivity contribution in [2.24, 2.45) is 0 Å². The zero-order valence-corrected chi connectivity index (χ0v) is 15.9. The van der Waals surface area contributed by atoms with Crippen molar-refractivity contribution in [3.05, 3.63) is 16.8 Å². The SMILES string of the molecule is CCc1nnc(N(C)CC(O)CN2CCN(C)CC2)c(C#N)c1CC. The van der Waals surface area contributed by atoms with Crippen molar-refractivity contribution < 1.29 is 5.11 Å². The minimum atomic E-state index is -0.488. The summed E-state index contributed by atoms with van der Waals surface area (Å²) in [6, 6.07) is 2.29. The van der Waals surface area contributed by atoms with Gasteiger partial charge in [0.2, 0.25) is 0 Å². The van der Waals surface area contributed by atoms with Crippen LogP contribution in [0.4, 0.5) is 5.82 Å². The summed E-state index contributed by atoms with van der Waals surface area (Å²) in [5.41, 5.74) is 2.44. The molecule has 1 aromatic rings. The van der Waals surface area contributed by atoms with Gasteiger partial charge in [-0.25, -0.2) is 0 Å². The second-order valence-electron chi connectivity index (χ2n) is 6.78. The van der Waals surface area contributed by atoms with Crippen LogP contribution in [0.1, 0.15) is 30.7 Å². The Morgan fingerprint density at radius 3 is 2.44 bits per heavy atom. The Kier molecular flexibility index (Phi) is 7.12. The molecule has 0 saturated carbocycles. The van der Waals surface area contributed by atoms with E-state index in [-0.39, 0.29) is 0 Å². The summed E-state index contributed by atoms with van der Waals surface area (Å²) in [6.07, 6.45) is 1.03. The molecule has 1 atom stereocenters. The van der Waals surface area contributed by atoms with E-state index in [1.54, 1.807) is 0 Å². The van der Waals surface area contributed by atoms with Crippen molar-refractivity contribution in [2.45, 2.75) is 32.8 Å². The summed E-state index contributed by atoms with van der Waals surface area (Å²) in [4.78, 5) is 6.43. The molecule has 0 bridgehead atoms. The average Bonchev–Trinajstić information content (AvgIpc) is 2.61. The van der Waals surface area contributed by atoms with Crippen molar-refractivity contribution in [2.75, 3.05) is 58.3 Å². The van der Waals surface area contributed by atoms with Crippen LogP contribution in [-0.2, 0) is 12.8 Å². The molecular weight excluding hydrogens is 316 g/mol. The molecule has 7 heteroatoms. The Morgan fingerprint density at radius 1 is 1.20 bits per heavy atom. The molecule has 0 radical (unpaired) electrons. The highest BCUT2D eigenvalue weighted by Crippen LogP contribution is 2.22. The molecule has 1 aliphatic heterocycles. The van der Waals surface area contributed by atoms with Crippen LogP contribution in [0.25, 0.3) is 0 Å². The Morgan fingerprint density at radius 2 is 1.88 bits per heavy atom. The highest BCUT2D eigenvalue weighted by molar-refractivity contribution is 5.57. The zero-order valence-electron chi connectivity index (χ0n) is 15.9. The Balaban J connectivity index is 2.05. The molecule has 2 rings (SSSR count). The van der Waals surface area contributed by atoms with Crippen molar-refractivity contribution in [1.82, 2.24) is 20.0 Å². The first-order valence-electron chi connectivity index (χ1n) is 9.08. The maximum Gasteiger partial charge on any atom is 0.169 e.